The number of aromatic nitrogens is 3. The number of ether oxygens (including phenoxy) is 1. The van der Waals surface area contributed by atoms with E-state index in [1.54, 1.807) is 23.8 Å². The number of H-pyrrole nitrogens is 1. The largest absolute Gasteiger partial charge is 0.379 e. The van der Waals surface area contributed by atoms with Gasteiger partial charge in [0.05, 0.1) is 17.1 Å². The van der Waals surface area contributed by atoms with Crippen molar-refractivity contribution in [3.8, 4) is 0 Å². The van der Waals surface area contributed by atoms with Gasteiger partial charge >= 0.3 is 0 Å². The lowest BCUT2D eigenvalue weighted by atomic mass is 9.99. The van der Waals surface area contributed by atoms with E-state index in [2.05, 4.69) is 15.1 Å². The van der Waals surface area contributed by atoms with Gasteiger partial charge in [-0.05, 0) is 17.8 Å². The van der Waals surface area contributed by atoms with E-state index in [-0.39, 0.29) is 17.8 Å². The van der Waals surface area contributed by atoms with Crippen LogP contribution >= 0.6 is 12.2 Å². The second-order valence-electron chi connectivity index (χ2n) is 5.51. The van der Waals surface area contributed by atoms with Gasteiger partial charge in [0.1, 0.15) is 0 Å². The van der Waals surface area contributed by atoms with Crippen LogP contribution in [-0.4, -0.2) is 50.9 Å². The number of methoxy groups -OCH3 is 1. The lowest BCUT2D eigenvalue weighted by Gasteiger charge is -2.43. The van der Waals surface area contributed by atoms with Gasteiger partial charge in [-0.15, -0.1) is 0 Å². The first-order valence-electron chi connectivity index (χ1n) is 7.13. The standard InChI is InChI=1S/C14H17N5O3S/c1-17-13(15-16-14(17)23)12(18-7-11(8-18)22-2)9-4-3-5-10(6-9)19(20)21/h3-6,11-12H,7-8H2,1-2H3,(H,16,23). The molecule has 23 heavy (non-hydrogen) atoms. The predicted octanol–water partition coefficient (Wildman–Crippen LogP) is 1.81. The van der Waals surface area contributed by atoms with Crippen molar-refractivity contribution in [1.29, 1.82) is 0 Å². The third-order valence-electron chi connectivity index (χ3n) is 4.13. The van der Waals surface area contributed by atoms with Gasteiger partial charge in [0.15, 0.2) is 10.6 Å². The van der Waals surface area contributed by atoms with Crippen LogP contribution in [0.5, 0.6) is 0 Å². The Labute approximate surface area is 137 Å². The Balaban J connectivity index is 2.02. The smallest absolute Gasteiger partial charge is 0.269 e. The summed E-state index contributed by atoms with van der Waals surface area (Å²) in [5, 5.41) is 18.2. The number of nitro benzene ring substituents is 1. The molecule has 0 radical (unpaired) electrons. The van der Waals surface area contributed by atoms with Crippen molar-refractivity contribution in [2.45, 2.75) is 12.1 Å². The minimum Gasteiger partial charge on any atom is -0.379 e. The molecule has 1 aromatic heterocycles. The molecule has 0 spiro atoms. The zero-order chi connectivity index (χ0) is 16.6. The SMILES string of the molecule is COC1CN(C(c2cccc([N+](=O)[O-])c2)c2n[nH]c(=S)n2C)C1. The summed E-state index contributed by atoms with van der Waals surface area (Å²) >= 11 is 5.19. The molecule has 8 nitrogen and oxygen atoms in total. The van der Waals surface area contributed by atoms with Crippen molar-refractivity contribution in [2.24, 2.45) is 7.05 Å². The lowest BCUT2D eigenvalue weighted by Crippen LogP contribution is -2.53. The van der Waals surface area contributed by atoms with Crippen LogP contribution < -0.4 is 0 Å². The summed E-state index contributed by atoms with van der Waals surface area (Å²) in [7, 11) is 3.51. The second kappa shape index (κ2) is 6.19. The van der Waals surface area contributed by atoms with E-state index in [0.717, 1.165) is 24.5 Å². The summed E-state index contributed by atoms with van der Waals surface area (Å²) in [6, 6.07) is 6.42. The maximum absolute atomic E-state index is 11.1. The summed E-state index contributed by atoms with van der Waals surface area (Å²) in [5.74, 6) is 0.727. The summed E-state index contributed by atoms with van der Waals surface area (Å²) < 4.78 is 7.63. The van der Waals surface area contributed by atoms with Crippen LogP contribution in [0.4, 0.5) is 5.69 Å². The van der Waals surface area contributed by atoms with Crippen molar-refractivity contribution in [3.63, 3.8) is 0 Å². The van der Waals surface area contributed by atoms with E-state index in [9.17, 15) is 10.1 Å². The van der Waals surface area contributed by atoms with Gasteiger partial charge in [0.2, 0.25) is 0 Å². The van der Waals surface area contributed by atoms with Crippen molar-refractivity contribution in [1.82, 2.24) is 19.7 Å². The third kappa shape index (κ3) is 2.90. The van der Waals surface area contributed by atoms with Crippen LogP contribution in [-0.2, 0) is 11.8 Å². The van der Waals surface area contributed by atoms with Gasteiger partial charge in [-0.2, -0.15) is 5.10 Å². The molecule has 1 N–H and O–H groups in total. The third-order valence-corrected chi connectivity index (χ3v) is 4.50. The molecule has 2 heterocycles. The Morgan fingerprint density at radius 2 is 2.26 bits per heavy atom. The first-order chi connectivity index (χ1) is 11.0. The minimum atomic E-state index is -0.391. The molecular formula is C14H17N5O3S. The molecule has 1 aromatic carbocycles. The first kappa shape index (κ1) is 15.8. The molecule has 0 saturated carbocycles. The summed E-state index contributed by atoms with van der Waals surface area (Å²) in [6.45, 7) is 1.48. The van der Waals surface area contributed by atoms with Gasteiger partial charge in [0.25, 0.3) is 5.69 Å². The normalized spacial score (nSPS) is 17.0. The Morgan fingerprint density at radius 1 is 1.52 bits per heavy atom. The fourth-order valence-corrected chi connectivity index (χ4v) is 2.90. The second-order valence-corrected chi connectivity index (χ2v) is 5.90. The average Bonchev–Trinajstić information content (AvgIpc) is 2.82. The van der Waals surface area contributed by atoms with Crippen LogP contribution in [0.25, 0.3) is 0 Å². The van der Waals surface area contributed by atoms with Crippen molar-refractivity contribution < 1.29 is 9.66 Å². The molecule has 0 aliphatic carbocycles. The summed E-state index contributed by atoms with van der Waals surface area (Å²) in [5.41, 5.74) is 0.874. The predicted molar refractivity (Wildman–Crippen MR) is 85.7 cm³/mol. The van der Waals surface area contributed by atoms with E-state index >= 15 is 0 Å². The van der Waals surface area contributed by atoms with E-state index in [1.165, 1.54) is 6.07 Å². The molecule has 1 fully saturated rings. The number of rotatable bonds is 5. The number of aromatic amines is 1. The van der Waals surface area contributed by atoms with Crippen LogP contribution in [0.3, 0.4) is 0 Å². The molecule has 1 unspecified atom stereocenters. The molecule has 1 aliphatic rings. The topological polar surface area (TPSA) is 89.2 Å². The zero-order valence-corrected chi connectivity index (χ0v) is 13.6. The van der Waals surface area contributed by atoms with Gasteiger partial charge in [-0.25, -0.2) is 0 Å². The number of nitro groups is 1. The minimum absolute atomic E-state index is 0.0631. The number of nitrogens with one attached hydrogen (secondary N) is 1. The Bertz CT molecular complexity index is 781. The van der Waals surface area contributed by atoms with E-state index < -0.39 is 4.92 Å². The van der Waals surface area contributed by atoms with Crippen LogP contribution in [0.2, 0.25) is 0 Å². The molecule has 122 valence electrons. The Hall–Kier alpha value is -2.10. The van der Waals surface area contributed by atoms with Crippen molar-refractivity contribution in [2.75, 3.05) is 20.2 Å². The van der Waals surface area contributed by atoms with E-state index in [4.69, 9.17) is 17.0 Å². The molecule has 1 saturated heterocycles. The van der Waals surface area contributed by atoms with Gasteiger partial charge in [-0.1, -0.05) is 12.1 Å². The molecular weight excluding hydrogens is 318 g/mol. The lowest BCUT2D eigenvalue weighted by molar-refractivity contribution is -0.385. The summed E-state index contributed by atoms with van der Waals surface area (Å²) in [6.07, 6.45) is 0.170. The maximum atomic E-state index is 11.1. The van der Waals surface area contributed by atoms with Crippen LogP contribution in [0, 0.1) is 14.9 Å². The first-order valence-corrected chi connectivity index (χ1v) is 7.54. The van der Waals surface area contributed by atoms with Gasteiger partial charge in [-0.3, -0.25) is 20.1 Å². The van der Waals surface area contributed by atoms with Gasteiger partial charge in [0, 0.05) is 39.4 Å². The molecule has 3 rings (SSSR count). The van der Waals surface area contributed by atoms with Crippen LogP contribution in [0.15, 0.2) is 24.3 Å². The highest BCUT2D eigenvalue weighted by Gasteiger charge is 2.36. The average molecular weight is 335 g/mol. The van der Waals surface area contributed by atoms with E-state index in [1.807, 2.05) is 13.1 Å². The zero-order valence-electron chi connectivity index (χ0n) is 12.8. The van der Waals surface area contributed by atoms with Crippen molar-refractivity contribution >= 4 is 17.9 Å². The number of hydrogen-bond acceptors (Lipinski definition) is 6. The fraction of sp³-hybridized carbons (Fsp3) is 0.429. The quantitative estimate of drug-likeness (QED) is 0.509. The number of benzene rings is 1. The van der Waals surface area contributed by atoms with Crippen LogP contribution in [0.1, 0.15) is 17.4 Å². The molecule has 1 atom stereocenters. The molecule has 0 bridgehead atoms. The monoisotopic (exact) mass is 335 g/mol. The summed E-state index contributed by atoms with van der Waals surface area (Å²) in [4.78, 5) is 12.8. The Kier molecular flexibility index (Phi) is 4.24. The number of hydrogen-bond donors (Lipinski definition) is 1. The number of likely N-dealkylation sites (tertiary alicyclic amines) is 1. The highest BCUT2D eigenvalue weighted by atomic mass is 32.1. The van der Waals surface area contributed by atoms with E-state index in [0.29, 0.717) is 4.77 Å². The Morgan fingerprint density at radius 3 is 2.83 bits per heavy atom. The fourth-order valence-electron chi connectivity index (χ4n) is 2.76. The highest BCUT2D eigenvalue weighted by molar-refractivity contribution is 7.71. The molecule has 1 aliphatic heterocycles. The molecule has 0 amide bonds. The number of non-ortho nitro benzene ring substituents is 1. The van der Waals surface area contributed by atoms with Crippen molar-refractivity contribution in [3.05, 3.63) is 50.5 Å². The van der Waals surface area contributed by atoms with Gasteiger partial charge < -0.3 is 9.30 Å². The highest BCUT2D eigenvalue weighted by Crippen LogP contribution is 2.33. The molecule has 9 heteroatoms. The maximum Gasteiger partial charge on any atom is 0.269 e. The molecule has 2 aromatic rings. The number of nitrogens with zero attached hydrogens (tertiary/aromatic N) is 4.